The summed E-state index contributed by atoms with van der Waals surface area (Å²) in [5.74, 6) is -2.92. The van der Waals surface area contributed by atoms with Gasteiger partial charge in [-0.15, -0.1) is 11.3 Å². The maximum absolute atomic E-state index is 12.9. The van der Waals surface area contributed by atoms with Crippen LogP contribution in [0.25, 0.3) is 0 Å². The van der Waals surface area contributed by atoms with E-state index < -0.39 is 17.6 Å². The second-order valence-corrected chi connectivity index (χ2v) is 4.24. The quantitative estimate of drug-likeness (QED) is 0.928. The highest BCUT2D eigenvalue weighted by Gasteiger charge is 2.09. The largest absolute Gasteiger partial charge is 0.486 e. The van der Waals surface area contributed by atoms with E-state index in [1.807, 2.05) is 0 Å². The number of nitrogens with zero attached hydrogens (tertiary/aromatic N) is 1. The number of carboxylic acids is 1. The molecule has 2 aromatic rings. The van der Waals surface area contributed by atoms with Crippen LogP contribution in [0.15, 0.2) is 23.6 Å². The number of hydrogen-bond donors (Lipinski definition) is 1. The van der Waals surface area contributed by atoms with Gasteiger partial charge in [0.25, 0.3) is 0 Å². The smallest absolute Gasteiger partial charge is 0.355 e. The molecule has 0 saturated carbocycles. The van der Waals surface area contributed by atoms with E-state index >= 15 is 0 Å². The van der Waals surface area contributed by atoms with Gasteiger partial charge in [0.05, 0.1) is 0 Å². The number of carboxylic acid groups (broad SMARTS) is 1. The lowest BCUT2D eigenvalue weighted by molar-refractivity contribution is 0.0691. The third kappa shape index (κ3) is 2.80. The van der Waals surface area contributed by atoms with Crippen LogP contribution in [-0.2, 0) is 6.61 Å². The van der Waals surface area contributed by atoms with E-state index in [4.69, 9.17) is 9.84 Å². The summed E-state index contributed by atoms with van der Waals surface area (Å²) >= 11 is 1.12. The Bertz CT molecular complexity index is 585. The molecular formula is C11H7F2NO3S. The van der Waals surface area contributed by atoms with Crippen molar-refractivity contribution in [3.05, 3.63) is 45.9 Å². The van der Waals surface area contributed by atoms with E-state index in [-0.39, 0.29) is 18.1 Å². The topological polar surface area (TPSA) is 59.4 Å². The molecule has 7 heteroatoms. The molecular weight excluding hydrogens is 264 g/mol. The van der Waals surface area contributed by atoms with Gasteiger partial charge in [-0.1, -0.05) is 0 Å². The first-order chi connectivity index (χ1) is 8.56. The zero-order valence-electron chi connectivity index (χ0n) is 8.89. The van der Waals surface area contributed by atoms with Crippen LogP contribution in [0.2, 0.25) is 0 Å². The van der Waals surface area contributed by atoms with E-state index in [0.717, 1.165) is 23.5 Å². The Morgan fingerprint density at radius 3 is 2.78 bits per heavy atom. The first kappa shape index (κ1) is 12.4. The van der Waals surface area contributed by atoms with Crippen LogP contribution < -0.4 is 4.74 Å². The van der Waals surface area contributed by atoms with E-state index in [0.29, 0.717) is 5.01 Å². The van der Waals surface area contributed by atoms with Crippen LogP contribution in [0.3, 0.4) is 0 Å². The number of aromatic nitrogens is 1. The van der Waals surface area contributed by atoms with E-state index in [2.05, 4.69) is 4.98 Å². The second-order valence-electron chi connectivity index (χ2n) is 3.30. The lowest BCUT2D eigenvalue weighted by Gasteiger charge is -2.03. The fraction of sp³-hybridized carbons (Fsp3) is 0.0909. The summed E-state index contributed by atoms with van der Waals surface area (Å²) in [7, 11) is 0. The molecule has 0 aliphatic rings. The zero-order valence-corrected chi connectivity index (χ0v) is 9.71. The van der Waals surface area contributed by atoms with Crippen molar-refractivity contribution in [2.24, 2.45) is 0 Å². The average Bonchev–Trinajstić information content (AvgIpc) is 2.79. The second kappa shape index (κ2) is 5.09. The fourth-order valence-corrected chi connectivity index (χ4v) is 1.87. The highest BCUT2D eigenvalue weighted by Crippen LogP contribution is 2.18. The van der Waals surface area contributed by atoms with Crippen molar-refractivity contribution in [3.63, 3.8) is 0 Å². The first-order valence-electron chi connectivity index (χ1n) is 4.82. The molecule has 0 unspecified atom stereocenters. The van der Waals surface area contributed by atoms with Gasteiger partial charge in [0.2, 0.25) is 0 Å². The lowest BCUT2D eigenvalue weighted by atomic mass is 10.3. The summed E-state index contributed by atoms with van der Waals surface area (Å²) in [4.78, 5) is 14.4. The summed E-state index contributed by atoms with van der Waals surface area (Å²) in [6.07, 6.45) is 0. The van der Waals surface area contributed by atoms with Crippen molar-refractivity contribution < 1.29 is 23.4 Å². The Balaban J connectivity index is 2.02. The lowest BCUT2D eigenvalue weighted by Crippen LogP contribution is -1.99. The molecule has 0 amide bonds. The molecule has 2 rings (SSSR count). The standard InChI is InChI=1S/C11H7F2NO3S/c12-7-2-1-6(3-8(7)13)17-4-10-14-9(5-18-10)11(15)16/h1-3,5H,4H2,(H,15,16). The van der Waals surface area contributed by atoms with Crippen LogP contribution in [-0.4, -0.2) is 16.1 Å². The summed E-state index contributed by atoms with van der Waals surface area (Å²) in [5, 5.41) is 10.5. The molecule has 0 fully saturated rings. The van der Waals surface area contributed by atoms with Crippen LogP contribution in [0, 0.1) is 11.6 Å². The predicted molar refractivity (Wildman–Crippen MR) is 59.8 cm³/mol. The number of carbonyl (C=O) groups is 1. The normalized spacial score (nSPS) is 10.3. The molecule has 1 aromatic carbocycles. The number of rotatable bonds is 4. The minimum atomic E-state index is -1.12. The van der Waals surface area contributed by atoms with E-state index in [1.165, 1.54) is 11.4 Å². The first-order valence-corrected chi connectivity index (χ1v) is 5.70. The molecule has 1 heterocycles. The number of ether oxygens (including phenoxy) is 1. The van der Waals surface area contributed by atoms with Gasteiger partial charge in [0.15, 0.2) is 17.3 Å². The van der Waals surface area contributed by atoms with Gasteiger partial charge in [-0.2, -0.15) is 0 Å². The number of aromatic carboxylic acids is 1. The molecule has 0 aliphatic heterocycles. The highest BCUT2D eigenvalue weighted by atomic mass is 32.1. The van der Waals surface area contributed by atoms with Gasteiger partial charge in [-0.05, 0) is 12.1 Å². The van der Waals surface area contributed by atoms with Crippen molar-refractivity contribution in [1.82, 2.24) is 4.98 Å². The average molecular weight is 271 g/mol. The number of thiazole rings is 1. The number of benzene rings is 1. The van der Waals surface area contributed by atoms with Crippen LogP contribution in [0.4, 0.5) is 8.78 Å². The maximum atomic E-state index is 12.9. The molecule has 4 nitrogen and oxygen atoms in total. The third-order valence-corrected chi connectivity index (χ3v) is 2.85. The van der Waals surface area contributed by atoms with Gasteiger partial charge in [0.1, 0.15) is 17.4 Å². The van der Waals surface area contributed by atoms with Crippen molar-refractivity contribution in [2.45, 2.75) is 6.61 Å². The Morgan fingerprint density at radius 2 is 2.17 bits per heavy atom. The predicted octanol–water partition coefficient (Wildman–Crippen LogP) is 2.70. The summed E-state index contributed by atoms with van der Waals surface area (Å²) in [6, 6.07) is 3.15. The SMILES string of the molecule is O=C(O)c1csc(COc2ccc(F)c(F)c2)n1. The van der Waals surface area contributed by atoms with Gasteiger partial charge < -0.3 is 9.84 Å². The van der Waals surface area contributed by atoms with Crippen molar-refractivity contribution >= 4 is 17.3 Å². The summed E-state index contributed by atoms with van der Waals surface area (Å²) in [6.45, 7) is 0.00300. The molecule has 94 valence electrons. The Kier molecular flexibility index (Phi) is 3.52. The summed E-state index contributed by atoms with van der Waals surface area (Å²) in [5.41, 5.74) is -0.0658. The fourth-order valence-electron chi connectivity index (χ4n) is 1.19. The molecule has 18 heavy (non-hydrogen) atoms. The zero-order chi connectivity index (χ0) is 13.1. The molecule has 0 aliphatic carbocycles. The molecule has 0 radical (unpaired) electrons. The van der Waals surface area contributed by atoms with Crippen molar-refractivity contribution in [1.29, 1.82) is 0 Å². The van der Waals surface area contributed by atoms with Gasteiger partial charge in [-0.3, -0.25) is 0 Å². The molecule has 0 saturated heterocycles. The number of halogens is 2. The number of hydrogen-bond acceptors (Lipinski definition) is 4. The molecule has 0 spiro atoms. The van der Waals surface area contributed by atoms with Crippen molar-refractivity contribution in [3.8, 4) is 5.75 Å². The van der Waals surface area contributed by atoms with Gasteiger partial charge in [0, 0.05) is 11.4 Å². The Hall–Kier alpha value is -2.02. The minimum Gasteiger partial charge on any atom is -0.486 e. The molecule has 1 aromatic heterocycles. The Labute approximate surface area is 104 Å². The van der Waals surface area contributed by atoms with E-state index in [9.17, 15) is 13.6 Å². The van der Waals surface area contributed by atoms with Crippen molar-refractivity contribution in [2.75, 3.05) is 0 Å². The molecule has 1 N–H and O–H groups in total. The monoisotopic (exact) mass is 271 g/mol. The molecule has 0 bridgehead atoms. The van der Waals surface area contributed by atoms with Crippen LogP contribution in [0.5, 0.6) is 5.75 Å². The van der Waals surface area contributed by atoms with E-state index in [1.54, 1.807) is 0 Å². The third-order valence-electron chi connectivity index (χ3n) is 2.02. The van der Waals surface area contributed by atoms with Crippen LogP contribution >= 0.6 is 11.3 Å². The Morgan fingerprint density at radius 1 is 1.39 bits per heavy atom. The van der Waals surface area contributed by atoms with Gasteiger partial charge in [-0.25, -0.2) is 18.6 Å². The maximum Gasteiger partial charge on any atom is 0.355 e. The summed E-state index contributed by atoms with van der Waals surface area (Å²) < 4.78 is 30.7. The van der Waals surface area contributed by atoms with Gasteiger partial charge >= 0.3 is 5.97 Å². The minimum absolute atomic E-state index is 0.00300. The highest BCUT2D eigenvalue weighted by molar-refractivity contribution is 7.09. The van der Waals surface area contributed by atoms with Crippen LogP contribution in [0.1, 0.15) is 15.5 Å². The molecule has 0 atom stereocenters.